The number of nitrogen functional groups attached to an aromatic ring is 1. The van der Waals surface area contributed by atoms with E-state index in [1.165, 1.54) is 17.0 Å². The molecule has 1 aliphatic heterocycles. The third-order valence-corrected chi connectivity index (χ3v) is 5.10. The fourth-order valence-electron chi connectivity index (χ4n) is 3.38. The van der Waals surface area contributed by atoms with Crippen LogP contribution in [0.4, 0.5) is 23.1 Å². The second kappa shape index (κ2) is 12.0. The molecule has 0 spiro atoms. The maximum absolute atomic E-state index is 12.3. The van der Waals surface area contributed by atoms with Gasteiger partial charge in [-0.05, 0) is 37.1 Å². The largest absolute Gasteiger partial charge is 2.00 e. The number of carbonyl (C=O) groups excluding carboxylic acids is 4. The Hall–Kier alpha value is -3.85. The molecule has 2 heterocycles. The van der Waals surface area contributed by atoms with Crippen LogP contribution in [0.25, 0.3) is 0 Å². The number of nitrogens with zero attached hydrogens (tertiary/aromatic N) is 2. The first-order valence-electron chi connectivity index (χ1n) is 10.1. The summed E-state index contributed by atoms with van der Waals surface area (Å²) in [5, 5.41) is 29.9. The van der Waals surface area contributed by atoms with Gasteiger partial charge < -0.3 is 46.4 Å². The number of carboxylic acid groups (broad SMARTS) is 2. The number of benzene rings is 1. The van der Waals surface area contributed by atoms with Crippen LogP contribution < -0.4 is 42.4 Å². The number of nitrogens with one attached hydrogen (secondary N) is 4. The van der Waals surface area contributed by atoms with E-state index < -0.39 is 41.9 Å². The maximum atomic E-state index is 12.3. The number of fused-ring (bicyclic) bond motifs is 1. The molecule has 3 rings (SSSR count). The number of nitrogens with two attached hydrogens (primary N) is 1. The van der Waals surface area contributed by atoms with Gasteiger partial charge in [0, 0.05) is 30.3 Å². The van der Waals surface area contributed by atoms with Crippen molar-refractivity contribution in [2.24, 2.45) is 0 Å². The van der Waals surface area contributed by atoms with Crippen LogP contribution >= 0.6 is 0 Å². The van der Waals surface area contributed by atoms with E-state index >= 15 is 0 Å². The number of rotatable bonds is 10. The van der Waals surface area contributed by atoms with Gasteiger partial charge in [0.2, 0.25) is 12.4 Å². The van der Waals surface area contributed by atoms with Crippen molar-refractivity contribution in [1.29, 1.82) is 0 Å². The van der Waals surface area contributed by atoms with Gasteiger partial charge in [0.25, 0.3) is 11.5 Å². The van der Waals surface area contributed by atoms with Crippen molar-refractivity contribution in [3.63, 3.8) is 0 Å². The van der Waals surface area contributed by atoms with Crippen molar-refractivity contribution in [2.75, 3.05) is 34.4 Å². The number of hydrogen-bond acceptors (Lipinski definition) is 11. The molecule has 0 saturated heterocycles. The van der Waals surface area contributed by atoms with Crippen LogP contribution in [0.5, 0.6) is 0 Å². The molecule has 2 aromatic rings. The molecule has 35 heavy (non-hydrogen) atoms. The van der Waals surface area contributed by atoms with E-state index in [0.29, 0.717) is 18.6 Å². The number of amides is 2. The zero-order valence-corrected chi connectivity index (χ0v) is 19.8. The molecule has 0 fully saturated rings. The minimum absolute atomic E-state index is 0. The van der Waals surface area contributed by atoms with Gasteiger partial charge in [-0.2, -0.15) is 4.98 Å². The second-order valence-corrected chi connectivity index (χ2v) is 7.41. The van der Waals surface area contributed by atoms with Crippen molar-refractivity contribution in [2.45, 2.75) is 24.9 Å². The summed E-state index contributed by atoms with van der Waals surface area (Å²) in [6.07, 6.45) is -0.386. The summed E-state index contributed by atoms with van der Waals surface area (Å²) in [7, 11) is 0. The smallest absolute Gasteiger partial charge is 0.550 e. The first-order chi connectivity index (χ1) is 16.2. The molecular formula is C20H21MgN7O7. The van der Waals surface area contributed by atoms with E-state index in [0.717, 1.165) is 0 Å². The first kappa shape index (κ1) is 27.4. The molecule has 180 valence electrons. The Kier molecular flexibility index (Phi) is 9.41. The number of H-pyrrole nitrogens is 1. The van der Waals surface area contributed by atoms with Crippen LogP contribution in [-0.2, 0) is 14.4 Å². The summed E-state index contributed by atoms with van der Waals surface area (Å²) < 4.78 is 0. The molecular weight excluding hydrogens is 475 g/mol. The summed E-state index contributed by atoms with van der Waals surface area (Å²) in [5.41, 5.74) is 5.75. The number of aromatic nitrogens is 2. The Morgan fingerprint density at radius 2 is 1.94 bits per heavy atom. The quantitative estimate of drug-likeness (QED) is 0.159. The zero-order valence-electron chi connectivity index (χ0n) is 18.4. The summed E-state index contributed by atoms with van der Waals surface area (Å²) in [6, 6.07) is 4.08. The van der Waals surface area contributed by atoms with E-state index in [-0.39, 0.29) is 59.0 Å². The normalized spacial score (nSPS) is 15.0. The Bertz CT molecular complexity index is 1160. The summed E-state index contributed by atoms with van der Waals surface area (Å²) >= 11 is 0. The number of anilines is 4. The number of aliphatic carboxylic acids is 2. The standard InChI is InChI=1S/C20H23N7O7.Mg/c21-20-25-16-15(18(32)26-20)27(9-28)12(8-23-16)7-22-11-3-1-10(2-4-11)17(31)24-13(19(33)34)5-6-14(29)30;/h1-4,9,12-13,22H,5-8H2,(H,24,31)(H,29,30)(H,33,34)(H4,21,23,25,26,32);/q;+2/p-2/t12-,13-;/m0./s1. The van der Waals surface area contributed by atoms with E-state index in [4.69, 9.17) is 5.73 Å². The fourth-order valence-corrected chi connectivity index (χ4v) is 3.38. The van der Waals surface area contributed by atoms with Crippen LogP contribution in [0.1, 0.15) is 23.2 Å². The van der Waals surface area contributed by atoms with Crippen LogP contribution in [0.15, 0.2) is 29.1 Å². The topological polar surface area (TPSA) is 225 Å². The average Bonchev–Trinajstić information content (AvgIpc) is 2.79. The van der Waals surface area contributed by atoms with Gasteiger partial charge in [0.05, 0.1) is 18.1 Å². The van der Waals surface area contributed by atoms with E-state index in [9.17, 15) is 34.2 Å². The third-order valence-electron chi connectivity index (χ3n) is 5.10. The first-order valence-corrected chi connectivity index (χ1v) is 10.1. The maximum Gasteiger partial charge on any atom is 2.00 e. The van der Waals surface area contributed by atoms with Gasteiger partial charge in [0.15, 0.2) is 11.5 Å². The van der Waals surface area contributed by atoms with Gasteiger partial charge in [-0.3, -0.25) is 19.4 Å². The van der Waals surface area contributed by atoms with Gasteiger partial charge >= 0.3 is 23.1 Å². The Morgan fingerprint density at radius 3 is 2.54 bits per heavy atom. The molecule has 0 aliphatic carbocycles. The average molecular weight is 496 g/mol. The molecule has 0 saturated carbocycles. The van der Waals surface area contributed by atoms with Crippen molar-refractivity contribution in [3.8, 4) is 0 Å². The Morgan fingerprint density at radius 1 is 1.26 bits per heavy atom. The van der Waals surface area contributed by atoms with Gasteiger partial charge in [-0.15, -0.1) is 0 Å². The second-order valence-electron chi connectivity index (χ2n) is 7.41. The van der Waals surface area contributed by atoms with Crippen molar-refractivity contribution >= 4 is 70.4 Å². The monoisotopic (exact) mass is 495 g/mol. The third kappa shape index (κ3) is 6.83. The molecule has 2 amide bonds. The molecule has 15 heteroatoms. The van der Waals surface area contributed by atoms with Crippen LogP contribution in [0, 0.1) is 0 Å². The summed E-state index contributed by atoms with van der Waals surface area (Å²) in [4.78, 5) is 65.4. The minimum atomic E-state index is -1.60. The SMILES string of the molecule is Nc1nc2c(c(=O)[nH]1)N(C=O)[C@@H](CNc1ccc(C(=O)N[C@@H](CCC(=O)[O-])C(=O)[O-])cc1)CN2.[Mg+2]. The molecule has 6 N–H and O–H groups in total. The van der Waals surface area contributed by atoms with Gasteiger partial charge in [0.1, 0.15) is 0 Å². The van der Waals surface area contributed by atoms with Crippen LogP contribution in [0.3, 0.4) is 0 Å². The van der Waals surface area contributed by atoms with E-state index in [2.05, 4.69) is 25.9 Å². The molecule has 1 aromatic carbocycles. The zero-order chi connectivity index (χ0) is 24.8. The molecule has 1 aromatic heterocycles. The Balaban J connectivity index is 0.00000432. The molecule has 0 radical (unpaired) electrons. The predicted octanol–water partition coefficient (Wildman–Crippen LogP) is -3.78. The summed E-state index contributed by atoms with van der Waals surface area (Å²) in [5.74, 6) is -3.63. The van der Waals surface area contributed by atoms with E-state index in [1.807, 2.05) is 0 Å². The predicted molar refractivity (Wildman–Crippen MR) is 121 cm³/mol. The fraction of sp³-hybridized carbons (Fsp3) is 0.300. The number of hydrogen-bond donors (Lipinski definition) is 5. The number of aromatic amines is 1. The summed E-state index contributed by atoms with van der Waals surface area (Å²) in [6.45, 7) is 0.544. The molecule has 0 unspecified atom stereocenters. The minimum Gasteiger partial charge on any atom is -0.550 e. The molecule has 2 atom stereocenters. The molecule has 0 bridgehead atoms. The number of carboxylic acids is 2. The van der Waals surface area contributed by atoms with E-state index in [1.54, 1.807) is 12.1 Å². The van der Waals surface area contributed by atoms with Crippen LogP contribution in [0.2, 0.25) is 0 Å². The van der Waals surface area contributed by atoms with Crippen molar-refractivity contribution in [1.82, 2.24) is 15.3 Å². The van der Waals surface area contributed by atoms with Gasteiger partial charge in [-0.25, -0.2) is 0 Å². The van der Waals surface area contributed by atoms with Crippen LogP contribution in [-0.4, -0.2) is 82.4 Å². The Labute approximate surface area is 214 Å². The number of carbonyl (C=O) groups is 4. The van der Waals surface area contributed by atoms with Crippen molar-refractivity contribution in [3.05, 3.63) is 40.2 Å². The van der Waals surface area contributed by atoms with Gasteiger partial charge in [-0.1, -0.05) is 0 Å². The van der Waals surface area contributed by atoms with Crippen molar-refractivity contribution < 1.29 is 29.4 Å². The molecule has 1 aliphatic rings. The molecule has 14 nitrogen and oxygen atoms in total.